The highest BCUT2D eigenvalue weighted by Gasteiger charge is 2.41. The van der Waals surface area contributed by atoms with Crippen molar-refractivity contribution in [3.63, 3.8) is 0 Å². The van der Waals surface area contributed by atoms with E-state index in [4.69, 9.17) is 10.00 Å². The summed E-state index contributed by atoms with van der Waals surface area (Å²) in [5, 5.41) is 9.15. The van der Waals surface area contributed by atoms with Gasteiger partial charge in [0.2, 0.25) is 0 Å². The lowest BCUT2D eigenvalue weighted by Gasteiger charge is -2.36. The SMILES string of the molecule is N#CC1CN(C(=O)OCc2ccccc2)C2CCN1C2. The molecule has 3 atom stereocenters. The number of amides is 1. The summed E-state index contributed by atoms with van der Waals surface area (Å²) in [5.41, 5.74) is 0.975. The second-order valence-corrected chi connectivity index (χ2v) is 5.27. The number of benzene rings is 1. The number of rotatable bonds is 2. The number of carbonyl (C=O) groups excluding carboxylic acids is 1. The minimum Gasteiger partial charge on any atom is -0.445 e. The third-order valence-corrected chi connectivity index (χ3v) is 4.03. The molecule has 5 nitrogen and oxygen atoms in total. The molecule has 2 aliphatic heterocycles. The first-order valence-corrected chi connectivity index (χ1v) is 6.89. The highest BCUT2D eigenvalue weighted by atomic mass is 16.6. The molecule has 2 fully saturated rings. The molecule has 1 aromatic rings. The van der Waals surface area contributed by atoms with E-state index in [2.05, 4.69) is 11.0 Å². The van der Waals surface area contributed by atoms with Crippen LogP contribution in [0.4, 0.5) is 4.79 Å². The normalized spacial score (nSPS) is 27.9. The zero-order chi connectivity index (χ0) is 13.9. The maximum Gasteiger partial charge on any atom is 0.410 e. The third kappa shape index (κ3) is 2.47. The standard InChI is InChI=1S/C15H17N3O2/c16-8-14-10-18(13-6-7-17(14)9-13)15(19)20-11-12-4-2-1-3-5-12/h1-5,13-14H,6-7,9-11H2. The molecule has 104 valence electrons. The molecule has 0 aromatic heterocycles. The molecule has 3 unspecified atom stereocenters. The highest BCUT2D eigenvalue weighted by Crippen LogP contribution is 2.25. The summed E-state index contributed by atoms with van der Waals surface area (Å²) < 4.78 is 5.37. The van der Waals surface area contributed by atoms with Crippen molar-refractivity contribution in [2.75, 3.05) is 19.6 Å². The van der Waals surface area contributed by atoms with E-state index in [-0.39, 0.29) is 24.8 Å². The molecule has 2 heterocycles. The predicted octanol–water partition coefficient (Wildman–Crippen LogP) is 1.61. The molecule has 0 saturated carbocycles. The van der Waals surface area contributed by atoms with Gasteiger partial charge in [-0.2, -0.15) is 5.26 Å². The van der Waals surface area contributed by atoms with E-state index in [0.717, 1.165) is 25.1 Å². The van der Waals surface area contributed by atoms with Crippen LogP contribution in [0.15, 0.2) is 30.3 Å². The van der Waals surface area contributed by atoms with Gasteiger partial charge in [0.1, 0.15) is 12.6 Å². The first kappa shape index (κ1) is 12.9. The molecule has 2 saturated heterocycles. The first-order valence-electron chi connectivity index (χ1n) is 6.89. The van der Waals surface area contributed by atoms with Gasteiger partial charge in [-0.3, -0.25) is 4.90 Å². The van der Waals surface area contributed by atoms with Crippen LogP contribution in [0.1, 0.15) is 12.0 Å². The van der Waals surface area contributed by atoms with E-state index >= 15 is 0 Å². The zero-order valence-electron chi connectivity index (χ0n) is 11.2. The van der Waals surface area contributed by atoms with Crippen molar-refractivity contribution >= 4 is 6.09 Å². The third-order valence-electron chi connectivity index (χ3n) is 4.03. The molecule has 0 aliphatic carbocycles. The van der Waals surface area contributed by atoms with Gasteiger partial charge in [0.25, 0.3) is 0 Å². The van der Waals surface area contributed by atoms with Gasteiger partial charge in [0.05, 0.1) is 12.6 Å². The fourth-order valence-electron chi connectivity index (χ4n) is 2.90. The average molecular weight is 271 g/mol. The maximum atomic E-state index is 12.2. The Balaban J connectivity index is 1.61. The molecular weight excluding hydrogens is 254 g/mol. The van der Waals surface area contributed by atoms with Crippen molar-refractivity contribution in [2.45, 2.75) is 25.1 Å². The number of nitrogens with zero attached hydrogens (tertiary/aromatic N) is 3. The second kappa shape index (κ2) is 5.51. The van der Waals surface area contributed by atoms with Crippen LogP contribution < -0.4 is 0 Å². The van der Waals surface area contributed by atoms with Crippen LogP contribution in [0.3, 0.4) is 0 Å². The lowest BCUT2D eigenvalue weighted by molar-refractivity contribution is 0.0583. The Labute approximate surface area is 118 Å². The Morgan fingerprint density at radius 1 is 1.35 bits per heavy atom. The highest BCUT2D eigenvalue weighted by molar-refractivity contribution is 5.68. The van der Waals surface area contributed by atoms with Crippen LogP contribution in [-0.2, 0) is 11.3 Å². The summed E-state index contributed by atoms with van der Waals surface area (Å²) in [7, 11) is 0. The van der Waals surface area contributed by atoms with Crippen LogP contribution in [-0.4, -0.2) is 47.6 Å². The first-order chi connectivity index (χ1) is 9.78. The lowest BCUT2D eigenvalue weighted by Crippen LogP contribution is -2.54. The lowest BCUT2D eigenvalue weighted by atomic mass is 10.1. The summed E-state index contributed by atoms with van der Waals surface area (Å²) in [6.07, 6.45) is 0.624. The number of fused-ring (bicyclic) bond motifs is 2. The monoisotopic (exact) mass is 271 g/mol. The van der Waals surface area contributed by atoms with Gasteiger partial charge in [-0.05, 0) is 12.0 Å². The number of piperazine rings is 1. The van der Waals surface area contributed by atoms with Gasteiger partial charge in [-0.15, -0.1) is 0 Å². The number of nitriles is 1. The second-order valence-electron chi connectivity index (χ2n) is 5.27. The van der Waals surface area contributed by atoms with Crippen molar-refractivity contribution in [3.8, 4) is 6.07 Å². The summed E-state index contributed by atoms with van der Waals surface area (Å²) >= 11 is 0. The molecule has 2 bridgehead atoms. The van der Waals surface area contributed by atoms with Crippen molar-refractivity contribution in [3.05, 3.63) is 35.9 Å². The Bertz CT molecular complexity index is 526. The largest absolute Gasteiger partial charge is 0.445 e. The summed E-state index contributed by atoms with van der Waals surface area (Å²) in [4.78, 5) is 16.1. The van der Waals surface area contributed by atoms with Gasteiger partial charge < -0.3 is 9.64 Å². The molecule has 2 aliphatic rings. The molecule has 1 aromatic carbocycles. The molecule has 1 amide bonds. The Hall–Kier alpha value is -2.06. The molecule has 0 spiro atoms. The topological polar surface area (TPSA) is 56.6 Å². The van der Waals surface area contributed by atoms with E-state index in [1.54, 1.807) is 4.90 Å². The van der Waals surface area contributed by atoms with Crippen molar-refractivity contribution < 1.29 is 9.53 Å². The zero-order valence-corrected chi connectivity index (χ0v) is 11.2. The van der Waals surface area contributed by atoms with Crippen molar-refractivity contribution in [1.82, 2.24) is 9.80 Å². The minimum absolute atomic E-state index is 0.196. The van der Waals surface area contributed by atoms with Crippen molar-refractivity contribution in [2.24, 2.45) is 0 Å². The smallest absolute Gasteiger partial charge is 0.410 e. The predicted molar refractivity (Wildman–Crippen MR) is 72.7 cm³/mol. The van der Waals surface area contributed by atoms with E-state index in [9.17, 15) is 4.79 Å². The van der Waals surface area contributed by atoms with E-state index in [0.29, 0.717) is 6.54 Å². The fourth-order valence-corrected chi connectivity index (χ4v) is 2.90. The maximum absolute atomic E-state index is 12.2. The number of hydrogen-bond acceptors (Lipinski definition) is 4. The Kier molecular flexibility index (Phi) is 3.57. The average Bonchev–Trinajstić information content (AvgIpc) is 2.90. The minimum atomic E-state index is -0.305. The summed E-state index contributed by atoms with van der Waals surface area (Å²) in [6, 6.07) is 11.9. The molecular formula is C15H17N3O2. The molecule has 5 heteroatoms. The van der Waals surface area contributed by atoms with Gasteiger partial charge in [0, 0.05) is 19.1 Å². The number of carbonyl (C=O) groups is 1. The van der Waals surface area contributed by atoms with Crippen LogP contribution in [0.2, 0.25) is 0 Å². The van der Waals surface area contributed by atoms with E-state index < -0.39 is 0 Å². The molecule has 0 N–H and O–H groups in total. The van der Waals surface area contributed by atoms with Crippen LogP contribution in [0, 0.1) is 11.3 Å². The van der Waals surface area contributed by atoms with E-state index in [1.807, 2.05) is 30.3 Å². The van der Waals surface area contributed by atoms with Crippen LogP contribution >= 0.6 is 0 Å². The number of ether oxygens (including phenoxy) is 1. The summed E-state index contributed by atoms with van der Waals surface area (Å²) in [5.74, 6) is 0. The Morgan fingerprint density at radius 3 is 2.90 bits per heavy atom. The summed E-state index contributed by atoms with van der Waals surface area (Å²) in [6.45, 7) is 2.42. The van der Waals surface area contributed by atoms with Crippen LogP contribution in [0.5, 0.6) is 0 Å². The van der Waals surface area contributed by atoms with Gasteiger partial charge in [-0.25, -0.2) is 4.79 Å². The number of hydrogen-bond donors (Lipinski definition) is 0. The van der Waals surface area contributed by atoms with Crippen molar-refractivity contribution in [1.29, 1.82) is 5.26 Å². The fraction of sp³-hybridized carbons (Fsp3) is 0.467. The molecule has 0 radical (unpaired) electrons. The van der Waals surface area contributed by atoms with E-state index in [1.165, 1.54) is 0 Å². The molecule has 3 rings (SSSR count). The van der Waals surface area contributed by atoms with Gasteiger partial charge in [0.15, 0.2) is 0 Å². The van der Waals surface area contributed by atoms with Gasteiger partial charge in [-0.1, -0.05) is 30.3 Å². The van der Waals surface area contributed by atoms with Crippen LogP contribution in [0.25, 0.3) is 0 Å². The molecule has 20 heavy (non-hydrogen) atoms. The Morgan fingerprint density at radius 2 is 2.15 bits per heavy atom. The quantitative estimate of drug-likeness (QED) is 0.820. The van der Waals surface area contributed by atoms with Gasteiger partial charge >= 0.3 is 6.09 Å².